The Labute approximate surface area is 249 Å². The van der Waals surface area contributed by atoms with Crippen molar-refractivity contribution in [1.29, 1.82) is 0 Å². The van der Waals surface area contributed by atoms with Crippen molar-refractivity contribution in [2.45, 2.75) is 212 Å². The number of hydrogen-bond acceptors (Lipinski definition) is 3. The van der Waals surface area contributed by atoms with Crippen molar-refractivity contribution in [3.63, 3.8) is 0 Å². The van der Waals surface area contributed by atoms with Gasteiger partial charge in [0.15, 0.2) is 0 Å². The second kappa shape index (κ2) is 31.7. The van der Waals surface area contributed by atoms with Crippen LogP contribution in [0.5, 0.6) is 0 Å². The molecular weight excluding hydrogens is 526 g/mol. The van der Waals surface area contributed by atoms with Gasteiger partial charge in [0.1, 0.15) is 6.17 Å². The lowest BCUT2D eigenvalue weighted by atomic mass is 10.0. The van der Waals surface area contributed by atoms with Crippen molar-refractivity contribution in [2.75, 3.05) is 5.75 Å². The van der Waals surface area contributed by atoms with Crippen molar-refractivity contribution >= 4 is 10.1 Å². The minimum absolute atomic E-state index is 0.243. The van der Waals surface area contributed by atoms with Gasteiger partial charge in [0.05, 0.1) is 5.75 Å². The molecule has 0 aromatic rings. The molecule has 0 heterocycles. The van der Waals surface area contributed by atoms with E-state index >= 15 is 0 Å². The Morgan fingerprint density at radius 2 is 0.700 bits per heavy atom. The smallest absolute Gasteiger partial charge is 0.247 e. The van der Waals surface area contributed by atoms with Gasteiger partial charge >= 0.3 is 0 Å². The van der Waals surface area contributed by atoms with Gasteiger partial charge < -0.3 is 0 Å². The van der Waals surface area contributed by atoms with Crippen LogP contribution < -0.4 is 0 Å². The van der Waals surface area contributed by atoms with Crippen LogP contribution in [0.25, 0.3) is 0 Å². The summed E-state index contributed by atoms with van der Waals surface area (Å²) in [6, 6.07) is 0. The van der Waals surface area contributed by atoms with Gasteiger partial charge in [-0.15, -0.1) is 0 Å². The number of halogens is 2. The second-order valence-corrected chi connectivity index (χ2v) is 14.0. The monoisotopic (exact) mass is 594 g/mol. The van der Waals surface area contributed by atoms with Gasteiger partial charge in [-0.05, 0) is 23.8 Å². The topological polar surface area (TPSA) is 43.4 Å². The molecule has 0 rings (SSSR count). The van der Waals surface area contributed by atoms with Crippen molar-refractivity contribution in [3.8, 4) is 0 Å². The van der Waals surface area contributed by atoms with Crippen molar-refractivity contribution in [1.82, 2.24) is 0 Å². The predicted octanol–water partition coefficient (Wildman–Crippen LogP) is 12.7. The Morgan fingerprint density at radius 1 is 0.450 bits per heavy atom. The van der Waals surface area contributed by atoms with E-state index in [-0.39, 0.29) is 5.75 Å². The quantitative estimate of drug-likeness (QED) is 0.0696. The van der Waals surface area contributed by atoms with E-state index in [1.54, 1.807) is 0 Å². The van der Waals surface area contributed by atoms with E-state index in [0.29, 0.717) is 12.8 Å². The molecule has 40 heavy (non-hydrogen) atoms. The van der Waals surface area contributed by atoms with Crippen LogP contribution in [0, 0.1) is 0 Å². The van der Waals surface area contributed by atoms with E-state index < -0.39 is 16.3 Å². The summed E-state index contributed by atoms with van der Waals surface area (Å²) in [4.78, 5) is 0. The molecule has 0 aromatic heterocycles. The normalized spacial score (nSPS) is 12.8. The van der Waals surface area contributed by atoms with Gasteiger partial charge in [-0.25, -0.2) is 4.39 Å². The maximum absolute atomic E-state index is 14.1. The van der Waals surface area contributed by atoms with Crippen LogP contribution in [0.2, 0.25) is 0 Å². The summed E-state index contributed by atoms with van der Waals surface area (Å²) in [5.74, 6) is -0.243. The molecule has 0 fully saturated rings. The molecule has 6 heteroatoms. The predicted molar refractivity (Wildman–Crippen MR) is 170 cm³/mol. The summed E-state index contributed by atoms with van der Waals surface area (Å²) < 4.78 is 50.5. The third kappa shape index (κ3) is 32.3. The van der Waals surface area contributed by atoms with Crippen molar-refractivity contribution < 1.29 is 21.7 Å². The molecule has 0 saturated carbocycles. The fourth-order valence-electron chi connectivity index (χ4n) is 5.68. The molecule has 242 valence electrons. The van der Waals surface area contributed by atoms with Gasteiger partial charge in [-0.3, -0.25) is 0 Å². The minimum Gasteiger partial charge on any atom is -0.247 e. The molecule has 0 bridgehead atoms. The minimum atomic E-state index is -3.95. The second-order valence-electron chi connectivity index (χ2n) is 12.4. The van der Waals surface area contributed by atoms with Crippen LogP contribution in [0.4, 0.5) is 8.92 Å². The SMILES string of the molecule is CCCCCCCCCCCCCCCCCCCCCCC(F)CCCCCCCCCCCS(=O)(=O)OF. The first-order valence-corrected chi connectivity index (χ1v) is 19.3. The van der Waals surface area contributed by atoms with Crippen LogP contribution in [0.1, 0.15) is 206 Å². The van der Waals surface area contributed by atoms with E-state index in [0.717, 1.165) is 64.2 Å². The zero-order valence-corrected chi connectivity index (χ0v) is 27.4. The first-order valence-electron chi connectivity index (χ1n) is 17.7. The van der Waals surface area contributed by atoms with Gasteiger partial charge in [0.25, 0.3) is 10.1 Å². The Kier molecular flexibility index (Phi) is 31.5. The average Bonchev–Trinajstić information content (AvgIpc) is 2.94. The number of rotatable bonds is 34. The fraction of sp³-hybridized carbons (Fsp3) is 1.00. The van der Waals surface area contributed by atoms with E-state index in [1.807, 2.05) is 0 Å². The van der Waals surface area contributed by atoms with Crippen molar-refractivity contribution in [3.05, 3.63) is 0 Å². The molecule has 0 radical (unpaired) electrons. The van der Waals surface area contributed by atoms with Crippen LogP contribution in [-0.4, -0.2) is 20.3 Å². The highest BCUT2D eigenvalue weighted by Crippen LogP contribution is 2.18. The maximum atomic E-state index is 14.1. The number of hydrogen-bond donors (Lipinski definition) is 0. The zero-order valence-electron chi connectivity index (χ0n) is 26.6. The Hall–Kier alpha value is -0.230. The molecule has 0 N–H and O–H groups in total. The lowest BCUT2D eigenvalue weighted by Gasteiger charge is -2.08. The standard InChI is InChI=1S/C34H68F2O3S/c1-2-3-4-5-6-7-8-9-10-11-12-13-14-15-16-17-19-22-25-28-31-34(35)32-29-26-23-20-18-21-24-27-30-33-40(37,38)39-36/h34H,2-33H2,1H3. The van der Waals surface area contributed by atoms with Gasteiger partial charge in [-0.1, -0.05) is 191 Å². The molecule has 0 aliphatic carbocycles. The van der Waals surface area contributed by atoms with Gasteiger partial charge in [-0.2, -0.15) is 8.42 Å². The molecule has 0 saturated heterocycles. The molecule has 0 aromatic carbocycles. The van der Waals surface area contributed by atoms with E-state index in [2.05, 4.69) is 11.3 Å². The first-order chi connectivity index (χ1) is 19.5. The van der Waals surface area contributed by atoms with Crippen LogP contribution in [0.3, 0.4) is 0 Å². The van der Waals surface area contributed by atoms with Crippen LogP contribution in [0.15, 0.2) is 0 Å². The highest BCUT2D eigenvalue weighted by molar-refractivity contribution is 7.86. The highest BCUT2D eigenvalue weighted by Gasteiger charge is 2.10. The Bertz CT molecular complexity index is 586. The molecule has 1 atom stereocenters. The van der Waals surface area contributed by atoms with Crippen LogP contribution in [-0.2, 0) is 14.5 Å². The van der Waals surface area contributed by atoms with Gasteiger partial charge in [0.2, 0.25) is 0 Å². The fourth-order valence-corrected chi connectivity index (χ4v) is 6.30. The highest BCUT2D eigenvalue weighted by atomic mass is 32.2. The largest absolute Gasteiger partial charge is 0.297 e. The maximum Gasteiger partial charge on any atom is 0.297 e. The molecule has 0 aliphatic heterocycles. The van der Waals surface area contributed by atoms with E-state index in [9.17, 15) is 17.3 Å². The summed E-state index contributed by atoms with van der Waals surface area (Å²) in [6.07, 6.45) is 37.1. The number of alkyl halides is 1. The molecule has 0 amide bonds. The summed E-state index contributed by atoms with van der Waals surface area (Å²) in [5, 5.41) is 0. The summed E-state index contributed by atoms with van der Waals surface area (Å²) in [7, 11) is -3.95. The molecular formula is C34H68F2O3S. The summed E-state index contributed by atoms with van der Waals surface area (Å²) in [5.41, 5.74) is 0. The van der Waals surface area contributed by atoms with Gasteiger partial charge in [0, 0.05) is 0 Å². The lowest BCUT2D eigenvalue weighted by molar-refractivity contribution is 0.00288. The molecule has 0 aliphatic rings. The molecule has 0 spiro atoms. The number of unbranched alkanes of at least 4 members (excludes halogenated alkanes) is 27. The zero-order chi connectivity index (χ0) is 29.4. The lowest BCUT2D eigenvalue weighted by Crippen LogP contribution is -2.05. The Balaban J connectivity index is 3.18. The Morgan fingerprint density at radius 3 is 0.975 bits per heavy atom. The molecule has 1 unspecified atom stereocenters. The third-order valence-electron chi connectivity index (χ3n) is 8.38. The van der Waals surface area contributed by atoms with E-state index in [4.69, 9.17) is 0 Å². The third-order valence-corrected chi connectivity index (χ3v) is 9.36. The average molecular weight is 595 g/mol. The van der Waals surface area contributed by atoms with Crippen molar-refractivity contribution in [2.24, 2.45) is 0 Å². The van der Waals surface area contributed by atoms with E-state index in [1.165, 1.54) is 122 Å². The summed E-state index contributed by atoms with van der Waals surface area (Å²) in [6.45, 7) is 2.29. The molecule has 3 nitrogen and oxygen atoms in total. The first kappa shape index (κ1) is 39.8. The summed E-state index contributed by atoms with van der Waals surface area (Å²) >= 11 is 0. The van der Waals surface area contributed by atoms with Crippen LogP contribution >= 0.6 is 0 Å².